The van der Waals surface area contributed by atoms with Crippen LogP contribution in [0.25, 0.3) is 0 Å². The fraction of sp³-hybridized carbons (Fsp3) is 0.667. The van der Waals surface area contributed by atoms with Crippen LogP contribution in [0.2, 0.25) is 0 Å². The zero-order valence-electron chi connectivity index (χ0n) is 10.6. The Balaban J connectivity index is 1.65. The standard InChI is InChI=1S/C12H20N2O2S2/c1-14(11-4-8-18(15,16)10-11)6-5-13-9-12-3-2-7-17-12/h2-3,7,11,13H,4-6,8-10H2,1H3. The number of hydrogen-bond donors (Lipinski definition) is 1. The molecule has 2 rings (SSSR count). The Kier molecular flexibility index (Phi) is 4.77. The summed E-state index contributed by atoms with van der Waals surface area (Å²) < 4.78 is 22.8. The third kappa shape index (κ3) is 4.05. The topological polar surface area (TPSA) is 49.4 Å². The molecule has 0 amide bonds. The van der Waals surface area contributed by atoms with Crippen LogP contribution in [-0.4, -0.2) is 51.0 Å². The highest BCUT2D eigenvalue weighted by Gasteiger charge is 2.30. The number of rotatable bonds is 6. The predicted molar refractivity (Wildman–Crippen MR) is 75.7 cm³/mol. The number of nitrogens with one attached hydrogen (secondary N) is 1. The van der Waals surface area contributed by atoms with E-state index in [2.05, 4.69) is 27.7 Å². The molecule has 1 aromatic rings. The smallest absolute Gasteiger partial charge is 0.151 e. The minimum atomic E-state index is -2.77. The first-order valence-electron chi connectivity index (χ1n) is 6.20. The molecule has 0 saturated carbocycles. The van der Waals surface area contributed by atoms with Gasteiger partial charge in [0, 0.05) is 30.6 Å². The largest absolute Gasteiger partial charge is 0.311 e. The minimum Gasteiger partial charge on any atom is -0.311 e. The number of nitrogens with zero attached hydrogens (tertiary/aromatic N) is 1. The Labute approximate surface area is 113 Å². The Morgan fingerprint density at radius 2 is 2.39 bits per heavy atom. The second-order valence-corrected chi connectivity index (χ2v) is 8.05. The summed E-state index contributed by atoms with van der Waals surface area (Å²) in [6, 6.07) is 4.38. The summed E-state index contributed by atoms with van der Waals surface area (Å²) in [7, 11) is -0.755. The maximum Gasteiger partial charge on any atom is 0.151 e. The van der Waals surface area contributed by atoms with Crippen molar-refractivity contribution in [2.45, 2.75) is 19.0 Å². The van der Waals surface area contributed by atoms with Gasteiger partial charge in [-0.15, -0.1) is 11.3 Å². The van der Waals surface area contributed by atoms with Crippen molar-refractivity contribution in [3.8, 4) is 0 Å². The first-order valence-corrected chi connectivity index (χ1v) is 8.91. The average Bonchev–Trinajstić information content (AvgIpc) is 2.93. The monoisotopic (exact) mass is 288 g/mol. The van der Waals surface area contributed by atoms with E-state index in [-0.39, 0.29) is 6.04 Å². The van der Waals surface area contributed by atoms with Gasteiger partial charge >= 0.3 is 0 Å². The molecule has 0 aliphatic carbocycles. The third-order valence-corrected chi connectivity index (χ3v) is 5.98. The van der Waals surface area contributed by atoms with E-state index >= 15 is 0 Å². The van der Waals surface area contributed by atoms with Crippen LogP contribution < -0.4 is 5.32 Å². The summed E-state index contributed by atoms with van der Waals surface area (Å²) in [5, 5.41) is 5.46. The maximum absolute atomic E-state index is 11.4. The number of thiophene rings is 1. The molecular weight excluding hydrogens is 268 g/mol. The van der Waals surface area contributed by atoms with E-state index in [0.717, 1.165) is 26.1 Å². The van der Waals surface area contributed by atoms with Gasteiger partial charge < -0.3 is 10.2 Å². The molecule has 18 heavy (non-hydrogen) atoms. The summed E-state index contributed by atoms with van der Waals surface area (Å²) in [5.41, 5.74) is 0. The number of sulfone groups is 1. The molecule has 0 aromatic carbocycles. The predicted octanol–water partition coefficient (Wildman–Crippen LogP) is 0.957. The molecule has 1 aliphatic rings. The Bertz CT molecular complexity index is 456. The van der Waals surface area contributed by atoms with E-state index in [1.54, 1.807) is 11.3 Å². The van der Waals surface area contributed by atoms with Crippen molar-refractivity contribution in [1.82, 2.24) is 10.2 Å². The van der Waals surface area contributed by atoms with Crippen LogP contribution in [-0.2, 0) is 16.4 Å². The quantitative estimate of drug-likeness (QED) is 0.792. The summed E-state index contributed by atoms with van der Waals surface area (Å²) in [6.45, 7) is 2.69. The molecule has 2 heterocycles. The Morgan fingerprint density at radius 1 is 1.56 bits per heavy atom. The molecule has 1 unspecified atom stereocenters. The van der Waals surface area contributed by atoms with Gasteiger partial charge in [0.2, 0.25) is 0 Å². The van der Waals surface area contributed by atoms with Crippen molar-refractivity contribution in [2.24, 2.45) is 0 Å². The summed E-state index contributed by atoms with van der Waals surface area (Å²) in [4.78, 5) is 3.49. The molecule has 6 heteroatoms. The van der Waals surface area contributed by atoms with Gasteiger partial charge in [0.15, 0.2) is 9.84 Å². The second kappa shape index (κ2) is 6.14. The molecule has 102 valence electrons. The number of likely N-dealkylation sites (N-methyl/N-ethyl adjacent to an activating group) is 1. The highest BCUT2D eigenvalue weighted by molar-refractivity contribution is 7.91. The lowest BCUT2D eigenvalue weighted by molar-refractivity contribution is 0.261. The molecule has 0 radical (unpaired) electrons. The molecule has 1 aromatic heterocycles. The van der Waals surface area contributed by atoms with Crippen LogP contribution in [0.15, 0.2) is 17.5 Å². The molecule has 1 aliphatic heterocycles. The van der Waals surface area contributed by atoms with Gasteiger partial charge in [-0.2, -0.15) is 0 Å². The van der Waals surface area contributed by atoms with Gasteiger partial charge in [-0.25, -0.2) is 8.42 Å². The van der Waals surface area contributed by atoms with Crippen molar-refractivity contribution >= 4 is 21.2 Å². The first kappa shape index (κ1) is 14.0. The molecule has 4 nitrogen and oxygen atoms in total. The fourth-order valence-electron chi connectivity index (χ4n) is 2.19. The van der Waals surface area contributed by atoms with Crippen molar-refractivity contribution in [3.05, 3.63) is 22.4 Å². The van der Waals surface area contributed by atoms with E-state index in [0.29, 0.717) is 11.5 Å². The van der Waals surface area contributed by atoms with Crippen LogP contribution in [0.3, 0.4) is 0 Å². The van der Waals surface area contributed by atoms with Crippen molar-refractivity contribution in [1.29, 1.82) is 0 Å². The fourth-order valence-corrected chi connectivity index (χ4v) is 4.67. The third-order valence-electron chi connectivity index (χ3n) is 3.35. The molecule has 0 spiro atoms. The van der Waals surface area contributed by atoms with Gasteiger partial charge in [0.25, 0.3) is 0 Å². The Hall–Kier alpha value is -0.430. The van der Waals surface area contributed by atoms with Crippen molar-refractivity contribution in [2.75, 3.05) is 31.6 Å². The SMILES string of the molecule is CN(CCNCc1cccs1)C1CCS(=O)(=O)C1. The number of hydrogen-bond acceptors (Lipinski definition) is 5. The summed E-state index contributed by atoms with van der Waals surface area (Å²) in [6.07, 6.45) is 0.782. The van der Waals surface area contributed by atoms with Crippen LogP contribution >= 0.6 is 11.3 Å². The second-order valence-electron chi connectivity index (χ2n) is 4.79. The molecule has 1 N–H and O–H groups in total. The van der Waals surface area contributed by atoms with Crippen molar-refractivity contribution in [3.63, 3.8) is 0 Å². The summed E-state index contributed by atoms with van der Waals surface area (Å²) in [5.74, 6) is 0.680. The van der Waals surface area contributed by atoms with E-state index < -0.39 is 9.84 Å². The van der Waals surface area contributed by atoms with Gasteiger partial charge in [0.1, 0.15) is 0 Å². The zero-order chi connectivity index (χ0) is 13.0. The average molecular weight is 288 g/mol. The molecule has 1 fully saturated rings. The van der Waals surface area contributed by atoms with E-state index in [1.807, 2.05) is 7.05 Å². The van der Waals surface area contributed by atoms with Crippen LogP contribution in [0.5, 0.6) is 0 Å². The molecule has 0 bridgehead atoms. The molecule has 1 atom stereocenters. The minimum absolute atomic E-state index is 0.207. The maximum atomic E-state index is 11.4. The van der Waals surface area contributed by atoms with Crippen LogP contribution in [0, 0.1) is 0 Å². The highest BCUT2D eigenvalue weighted by Crippen LogP contribution is 2.15. The van der Waals surface area contributed by atoms with E-state index in [1.165, 1.54) is 4.88 Å². The van der Waals surface area contributed by atoms with Crippen LogP contribution in [0.4, 0.5) is 0 Å². The van der Waals surface area contributed by atoms with E-state index in [9.17, 15) is 8.42 Å². The summed E-state index contributed by atoms with van der Waals surface area (Å²) >= 11 is 1.75. The van der Waals surface area contributed by atoms with Crippen LogP contribution in [0.1, 0.15) is 11.3 Å². The molecular formula is C12H20N2O2S2. The van der Waals surface area contributed by atoms with Gasteiger partial charge in [0.05, 0.1) is 11.5 Å². The lowest BCUT2D eigenvalue weighted by Crippen LogP contribution is -2.37. The normalized spacial score (nSPS) is 22.7. The van der Waals surface area contributed by atoms with Crippen molar-refractivity contribution < 1.29 is 8.42 Å². The van der Waals surface area contributed by atoms with Gasteiger partial charge in [-0.3, -0.25) is 0 Å². The first-order chi connectivity index (χ1) is 8.57. The highest BCUT2D eigenvalue weighted by atomic mass is 32.2. The lowest BCUT2D eigenvalue weighted by atomic mass is 10.2. The van der Waals surface area contributed by atoms with Gasteiger partial charge in [-0.05, 0) is 24.9 Å². The molecule has 1 saturated heterocycles. The van der Waals surface area contributed by atoms with E-state index in [4.69, 9.17) is 0 Å². The zero-order valence-corrected chi connectivity index (χ0v) is 12.3. The lowest BCUT2D eigenvalue weighted by Gasteiger charge is -2.22. The Morgan fingerprint density at radius 3 is 3.00 bits per heavy atom. The van der Waals surface area contributed by atoms with Gasteiger partial charge in [-0.1, -0.05) is 6.07 Å².